The van der Waals surface area contributed by atoms with Crippen molar-refractivity contribution < 1.29 is 9.53 Å². The first-order chi connectivity index (χ1) is 8.22. The molecule has 0 saturated carbocycles. The number of hydrogen-bond donors (Lipinski definition) is 0. The van der Waals surface area contributed by atoms with Crippen LogP contribution in [-0.4, -0.2) is 11.0 Å². The van der Waals surface area contributed by atoms with Gasteiger partial charge in [-0.05, 0) is 6.07 Å². The van der Waals surface area contributed by atoms with Crippen molar-refractivity contribution in [2.24, 2.45) is 0 Å². The highest BCUT2D eigenvalue weighted by atomic mass is 35.5. The molecule has 84 valence electrons. The van der Waals surface area contributed by atoms with Crippen LogP contribution in [-0.2, 0) is 9.80 Å². The van der Waals surface area contributed by atoms with Crippen LogP contribution in [0.4, 0.5) is 0 Å². The Morgan fingerprint density at radius 1 is 1.18 bits per heavy atom. The van der Waals surface area contributed by atoms with Crippen molar-refractivity contribution in [1.82, 2.24) is 4.98 Å². The molecule has 0 amide bonds. The predicted octanol–water partition coefficient (Wildman–Crippen LogP) is 2.69. The van der Waals surface area contributed by atoms with Gasteiger partial charge in [0.2, 0.25) is 5.06 Å². The molecule has 3 nitrogen and oxygen atoms in total. The fraction of sp³-hybridized carbons (Fsp3) is 0.0769. The summed E-state index contributed by atoms with van der Waals surface area (Å²) in [5.41, 5.74) is 1.80. The van der Waals surface area contributed by atoms with Gasteiger partial charge in [0.1, 0.15) is 0 Å². The largest absolute Gasteiger partial charge is 0.431 e. The zero-order valence-electron chi connectivity index (χ0n) is 8.76. The van der Waals surface area contributed by atoms with E-state index in [1.807, 2.05) is 30.3 Å². The molecule has 17 heavy (non-hydrogen) atoms. The maximum absolute atomic E-state index is 11.7. The Morgan fingerprint density at radius 2 is 1.94 bits per heavy atom. The number of benzene rings is 1. The molecule has 2 aromatic rings. The van der Waals surface area contributed by atoms with Crippen molar-refractivity contribution in [2.45, 2.75) is 5.06 Å². The lowest BCUT2D eigenvalue weighted by molar-refractivity contribution is 0.0366. The number of aromatic nitrogens is 1. The summed E-state index contributed by atoms with van der Waals surface area (Å²) in [6, 6.07) is 11.0. The third-order valence-electron chi connectivity index (χ3n) is 2.77. The second-order valence-electron chi connectivity index (χ2n) is 3.77. The van der Waals surface area contributed by atoms with E-state index in [0.29, 0.717) is 11.1 Å². The summed E-state index contributed by atoms with van der Waals surface area (Å²) < 4.78 is 5.29. The third-order valence-corrected chi connectivity index (χ3v) is 3.26. The summed E-state index contributed by atoms with van der Waals surface area (Å²) in [7, 11) is 0. The molecule has 1 aliphatic heterocycles. The zero-order valence-corrected chi connectivity index (χ0v) is 9.52. The quantitative estimate of drug-likeness (QED) is 0.573. The summed E-state index contributed by atoms with van der Waals surface area (Å²) in [5.74, 6) is -0.438. The Kier molecular flexibility index (Phi) is 2.16. The van der Waals surface area contributed by atoms with Gasteiger partial charge in [-0.3, -0.25) is 4.98 Å². The Labute approximate surface area is 103 Å². The van der Waals surface area contributed by atoms with Crippen molar-refractivity contribution >= 4 is 17.6 Å². The van der Waals surface area contributed by atoms with Crippen molar-refractivity contribution in [2.75, 3.05) is 0 Å². The van der Waals surface area contributed by atoms with Crippen LogP contribution in [0.2, 0.25) is 0 Å². The molecule has 1 aliphatic rings. The van der Waals surface area contributed by atoms with Gasteiger partial charge in [-0.1, -0.05) is 41.9 Å². The maximum atomic E-state index is 11.7. The SMILES string of the molecule is O=C1OC(Cl)(c2ccccc2)c2ccncc21. The molecule has 0 bridgehead atoms. The van der Waals surface area contributed by atoms with Gasteiger partial charge in [0.25, 0.3) is 0 Å². The molecule has 0 N–H and O–H groups in total. The summed E-state index contributed by atoms with van der Waals surface area (Å²) in [6.07, 6.45) is 3.08. The van der Waals surface area contributed by atoms with Crippen LogP contribution < -0.4 is 0 Å². The number of rotatable bonds is 1. The molecule has 1 atom stereocenters. The fourth-order valence-electron chi connectivity index (χ4n) is 1.94. The standard InChI is InChI=1S/C13H8ClNO2/c14-13(9-4-2-1-3-5-9)11-6-7-15-8-10(11)12(16)17-13/h1-8H. The number of hydrogen-bond acceptors (Lipinski definition) is 3. The first-order valence-corrected chi connectivity index (χ1v) is 5.52. The molecule has 4 heteroatoms. The molecule has 0 fully saturated rings. The van der Waals surface area contributed by atoms with E-state index in [0.717, 1.165) is 5.56 Å². The van der Waals surface area contributed by atoms with Gasteiger partial charge >= 0.3 is 5.97 Å². The molecule has 1 aromatic heterocycles. The first-order valence-electron chi connectivity index (χ1n) is 5.14. The molecule has 0 aliphatic carbocycles. The highest BCUT2D eigenvalue weighted by Crippen LogP contribution is 2.44. The van der Waals surface area contributed by atoms with Crippen LogP contribution in [0, 0.1) is 0 Å². The van der Waals surface area contributed by atoms with Crippen molar-refractivity contribution in [3.05, 3.63) is 65.5 Å². The number of alkyl halides is 1. The van der Waals surface area contributed by atoms with Gasteiger partial charge in [0, 0.05) is 23.5 Å². The van der Waals surface area contributed by atoms with Crippen LogP contribution in [0.15, 0.2) is 48.8 Å². The summed E-state index contributed by atoms with van der Waals surface area (Å²) in [4.78, 5) is 15.6. The van der Waals surface area contributed by atoms with E-state index < -0.39 is 11.0 Å². The number of carbonyl (C=O) groups excluding carboxylic acids is 1. The molecular weight excluding hydrogens is 238 g/mol. The molecule has 3 rings (SSSR count). The minimum atomic E-state index is -1.23. The van der Waals surface area contributed by atoms with E-state index in [-0.39, 0.29) is 0 Å². The number of cyclic esters (lactones) is 1. The smallest absolute Gasteiger partial charge is 0.342 e. The lowest BCUT2D eigenvalue weighted by atomic mass is 10.0. The first kappa shape index (κ1) is 10.3. The van der Waals surface area contributed by atoms with Crippen molar-refractivity contribution in [1.29, 1.82) is 0 Å². The van der Waals surface area contributed by atoms with Gasteiger partial charge in [-0.15, -0.1) is 0 Å². The monoisotopic (exact) mass is 245 g/mol. The van der Waals surface area contributed by atoms with E-state index >= 15 is 0 Å². The van der Waals surface area contributed by atoms with Crippen molar-refractivity contribution in [3.63, 3.8) is 0 Å². The highest BCUT2D eigenvalue weighted by molar-refractivity contribution is 6.27. The lowest BCUT2D eigenvalue weighted by Gasteiger charge is -2.21. The van der Waals surface area contributed by atoms with Gasteiger partial charge in [-0.25, -0.2) is 4.79 Å². The van der Waals surface area contributed by atoms with Gasteiger partial charge in [0.05, 0.1) is 5.56 Å². The summed E-state index contributed by atoms with van der Waals surface area (Å²) in [5, 5.41) is -1.23. The molecule has 2 heterocycles. The number of nitrogens with zero attached hydrogens (tertiary/aromatic N) is 1. The molecule has 1 unspecified atom stereocenters. The van der Waals surface area contributed by atoms with E-state index in [9.17, 15) is 4.79 Å². The molecule has 1 aromatic carbocycles. The number of esters is 1. The van der Waals surface area contributed by atoms with Gasteiger partial charge in [0.15, 0.2) is 0 Å². The number of ether oxygens (including phenoxy) is 1. The van der Waals surface area contributed by atoms with E-state index in [1.54, 1.807) is 12.3 Å². The minimum Gasteiger partial charge on any atom is -0.431 e. The Hall–Kier alpha value is -1.87. The second-order valence-corrected chi connectivity index (χ2v) is 4.30. The Balaban J connectivity index is 2.21. The normalized spacial score (nSPS) is 22.1. The van der Waals surface area contributed by atoms with Crippen LogP contribution in [0.1, 0.15) is 21.5 Å². The molecular formula is C13H8ClNO2. The van der Waals surface area contributed by atoms with Gasteiger partial charge in [-0.2, -0.15) is 0 Å². The average Bonchev–Trinajstić information content (AvgIpc) is 2.65. The maximum Gasteiger partial charge on any atom is 0.342 e. The zero-order chi connectivity index (χ0) is 11.9. The van der Waals surface area contributed by atoms with E-state index in [1.165, 1.54) is 6.20 Å². The van der Waals surface area contributed by atoms with Crippen LogP contribution in [0.5, 0.6) is 0 Å². The van der Waals surface area contributed by atoms with Gasteiger partial charge < -0.3 is 4.74 Å². The van der Waals surface area contributed by atoms with Crippen LogP contribution in [0.3, 0.4) is 0 Å². The van der Waals surface area contributed by atoms with Crippen molar-refractivity contribution in [3.8, 4) is 0 Å². The van der Waals surface area contributed by atoms with Crippen LogP contribution >= 0.6 is 11.6 Å². The second kappa shape index (κ2) is 3.57. The van der Waals surface area contributed by atoms with E-state index in [2.05, 4.69) is 4.98 Å². The molecule has 0 radical (unpaired) electrons. The number of halogens is 1. The third kappa shape index (κ3) is 1.43. The Bertz CT molecular complexity index is 585. The van der Waals surface area contributed by atoms with Crippen LogP contribution in [0.25, 0.3) is 0 Å². The summed E-state index contributed by atoms with van der Waals surface area (Å²) in [6.45, 7) is 0. The minimum absolute atomic E-state index is 0.423. The lowest BCUT2D eigenvalue weighted by Crippen LogP contribution is -2.20. The summed E-state index contributed by atoms with van der Waals surface area (Å²) >= 11 is 6.45. The highest BCUT2D eigenvalue weighted by Gasteiger charge is 2.45. The molecule has 0 saturated heterocycles. The number of carbonyl (C=O) groups is 1. The number of pyridine rings is 1. The molecule has 0 spiro atoms. The average molecular weight is 246 g/mol. The number of fused-ring (bicyclic) bond motifs is 1. The van der Waals surface area contributed by atoms with E-state index in [4.69, 9.17) is 16.3 Å². The topological polar surface area (TPSA) is 39.2 Å². The fourth-order valence-corrected chi connectivity index (χ4v) is 2.30. The Morgan fingerprint density at radius 3 is 2.71 bits per heavy atom. The predicted molar refractivity (Wildman–Crippen MR) is 62.7 cm³/mol.